The van der Waals surface area contributed by atoms with E-state index in [0.717, 1.165) is 0 Å². The van der Waals surface area contributed by atoms with Crippen LogP contribution in [0, 0.1) is 5.82 Å². The highest BCUT2D eigenvalue weighted by Crippen LogP contribution is 2.22. The first-order chi connectivity index (χ1) is 7.69. The van der Waals surface area contributed by atoms with E-state index < -0.39 is 5.82 Å². The number of benzene rings is 1. The molecule has 1 aromatic carbocycles. The van der Waals surface area contributed by atoms with Crippen molar-refractivity contribution in [3.05, 3.63) is 52.9 Å². The van der Waals surface area contributed by atoms with Gasteiger partial charge in [-0.25, -0.2) is 4.39 Å². The van der Waals surface area contributed by atoms with Crippen LogP contribution in [-0.2, 0) is 6.61 Å². The smallest absolute Gasteiger partial charge is 0.125 e. The van der Waals surface area contributed by atoms with Gasteiger partial charge in [-0.15, -0.1) is 0 Å². The van der Waals surface area contributed by atoms with Crippen molar-refractivity contribution in [2.45, 2.75) is 6.61 Å². The fraction of sp³-hybridized carbons (Fsp3) is 0.0833. The van der Waals surface area contributed by atoms with Crippen molar-refractivity contribution in [2.24, 2.45) is 0 Å². The highest BCUT2D eigenvalue weighted by atomic mass is 35.5. The van der Waals surface area contributed by atoms with Crippen LogP contribution in [0.2, 0.25) is 5.02 Å². The van der Waals surface area contributed by atoms with Crippen LogP contribution in [0.1, 0.15) is 5.56 Å². The zero-order valence-corrected chi connectivity index (χ0v) is 9.08. The summed E-state index contributed by atoms with van der Waals surface area (Å²) >= 11 is 5.75. The van der Waals surface area contributed by atoms with Crippen LogP contribution in [-0.4, -0.2) is 10.1 Å². The molecule has 0 aliphatic heterocycles. The molecule has 0 amide bonds. The van der Waals surface area contributed by atoms with E-state index in [9.17, 15) is 4.39 Å². The Morgan fingerprint density at radius 2 is 2.06 bits per heavy atom. The number of aliphatic hydroxyl groups is 1. The fourth-order valence-corrected chi connectivity index (χ4v) is 1.61. The summed E-state index contributed by atoms with van der Waals surface area (Å²) in [7, 11) is 0. The molecule has 2 aromatic rings. The number of pyridine rings is 1. The zero-order valence-electron chi connectivity index (χ0n) is 8.32. The summed E-state index contributed by atoms with van der Waals surface area (Å²) in [6.07, 6.45) is 1.55. The molecule has 0 bridgehead atoms. The van der Waals surface area contributed by atoms with Crippen molar-refractivity contribution in [1.82, 2.24) is 4.98 Å². The second kappa shape index (κ2) is 4.60. The molecule has 1 heterocycles. The quantitative estimate of drug-likeness (QED) is 0.871. The first-order valence-electron chi connectivity index (χ1n) is 4.71. The van der Waals surface area contributed by atoms with Crippen LogP contribution in [0.4, 0.5) is 4.39 Å². The van der Waals surface area contributed by atoms with Crippen molar-refractivity contribution in [1.29, 1.82) is 0 Å². The summed E-state index contributed by atoms with van der Waals surface area (Å²) < 4.78 is 13.1. The Morgan fingerprint density at radius 1 is 1.25 bits per heavy atom. The Bertz CT molecular complexity index is 479. The maximum atomic E-state index is 13.1. The molecule has 0 aliphatic carbocycles. The lowest BCUT2D eigenvalue weighted by Gasteiger charge is -2.03. The first-order valence-corrected chi connectivity index (χ1v) is 5.09. The minimum atomic E-state index is -0.393. The predicted octanol–water partition coefficient (Wildman–Crippen LogP) is 3.03. The molecule has 0 atom stereocenters. The van der Waals surface area contributed by atoms with Crippen LogP contribution in [0.15, 0.2) is 36.5 Å². The van der Waals surface area contributed by atoms with Gasteiger partial charge in [0.25, 0.3) is 0 Å². The van der Waals surface area contributed by atoms with E-state index in [1.165, 1.54) is 12.1 Å². The van der Waals surface area contributed by atoms with E-state index in [-0.39, 0.29) is 6.61 Å². The largest absolute Gasteiger partial charge is 0.392 e. The number of hydrogen-bond donors (Lipinski definition) is 1. The molecule has 82 valence electrons. The second-order valence-corrected chi connectivity index (χ2v) is 3.80. The van der Waals surface area contributed by atoms with Crippen LogP contribution in [0.3, 0.4) is 0 Å². The monoisotopic (exact) mass is 237 g/mol. The number of aromatic nitrogens is 1. The van der Waals surface area contributed by atoms with Crippen LogP contribution in [0.5, 0.6) is 0 Å². The molecule has 0 saturated heterocycles. The van der Waals surface area contributed by atoms with E-state index in [1.807, 2.05) is 0 Å². The Balaban J connectivity index is 2.42. The van der Waals surface area contributed by atoms with Crippen molar-refractivity contribution >= 4 is 11.6 Å². The summed E-state index contributed by atoms with van der Waals surface area (Å²) in [5.74, 6) is -0.393. The van der Waals surface area contributed by atoms with Gasteiger partial charge >= 0.3 is 0 Å². The molecule has 2 nitrogen and oxygen atoms in total. The van der Waals surface area contributed by atoms with Gasteiger partial charge in [0.1, 0.15) is 5.82 Å². The highest BCUT2D eigenvalue weighted by Gasteiger charge is 2.03. The lowest BCUT2D eigenvalue weighted by Crippen LogP contribution is -1.88. The van der Waals surface area contributed by atoms with Gasteiger partial charge in [-0.1, -0.05) is 17.7 Å². The highest BCUT2D eigenvalue weighted by molar-refractivity contribution is 6.30. The predicted molar refractivity (Wildman–Crippen MR) is 60.6 cm³/mol. The van der Waals surface area contributed by atoms with E-state index in [4.69, 9.17) is 16.7 Å². The van der Waals surface area contributed by atoms with Gasteiger partial charge in [0.05, 0.1) is 12.3 Å². The number of rotatable bonds is 2. The van der Waals surface area contributed by atoms with Gasteiger partial charge in [-0.2, -0.15) is 0 Å². The minimum Gasteiger partial charge on any atom is -0.392 e. The summed E-state index contributed by atoms with van der Waals surface area (Å²) in [5.41, 5.74) is 1.96. The van der Waals surface area contributed by atoms with E-state index in [2.05, 4.69) is 4.98 Å². The van der Waals surface area contributed by atoms with Crippen molar-refractivity contribution < 1.29 is 9.50 Å². The molecule has 16 heavy (non-hydrogen) atoms. The molecule has 0 aliphatic rings. The second-order valence-electron chi connectivity index (χ2n) is 3.37. The lowest BCUT2D eigenvalue weighted by molar-refractivity contribution is 0.281. The van der Waals surface area contributed by atoms with Gasteiger partial charge in [-0.05, 0) is 29.8 Å². The van der Waals surface area contributed by atoms with Gasteiger partial charge in [0.2, 0.25) is 0 Å². The first kappa shape index (κ1) is 11.0. The third-order valence-electron chi connectivity index (χ3n) is 2.17. The molecule has 4 heteroatoms. The van der Waals surface area contributed by atoms with Gasteiger partial charge in [-0.3, -0.25) is 4.98 Å². The Morgan fingerprint density at radius 3 is 2.62 bits per heavy atom. The molecule has 0 radical (unpaired) electrons. The molecule has 2 rings (SSSR count). The normalized spacial score (nSPS) is 10.4. The summed E-state index contributed by atoms with van der Waals surface area (Å²) in [6.45, 7) is -0.0583. The third-order valence-corrected chi connectivity index (χ3v) is 2.38. The van der Waals surface area contributed by atoms with Crippen molar-refractivity contribution in [3.63, 3.8) is 0 Å². The SMILES string of the molecule is OCc1ccc(-c2cc(F)cc(Cl)c2)nc1. The number of halogens is 2. The average Bonchev–Trinajstić information content (AvgIpc) is 2.28. The third kappa shape index (κ3) is 2.38. The fourth-order valence-electron chi connectivity index (χ4n) is 1.39. The van der Waals surface area contributed by atoms with Crippen LogP contribution >= 0.6 is 11.6 Å². The summed E-state index contributed by atoms with van der Waals surface area (Å²) in [6, 6.07) is 7.71. The average molecular weight is 238 g/mol. The molecular weight excluding hydrogens is 229 g/mol. The Hall–Kier alpha value is -1.45. The van der Waals surface area contributed by atoms with Crippen molar-refractivity contribution in [2.75, 3.05) is 0 Å². The van der Waals surface area contributed by atoms with Crippen molar-refractivity contribution in [3.8, 4) is 11.3 Å². The standard InChI is InChI=1S/C12H9ClFNO/c13-10-3-9(4-11(14)5-10)12-2-1-8(7-16)6-15-12/h1-6,16H,7H2. The van der Waals surface area contributed by atoms with Gasteiger partial charge in [0, 0.05) is 16.8 Å². The number of hydrogen-bond acceptors (Lipinski definition) is 2. The van der Waals surface area contributed by atoms with Crippen LogP contribution < -0.4 is 0 Å². The number of nitrogens with zero attached hydrogens (tertiary/aromatic N) is 1. The molecular formula is C12H9ClFNO. The number of aliphatic hydroxyl groups excluding tert-OH is 1. The van der Waals surface area contributed by atoms with Gasteiger partial charge in [0.15, 0.2) is 0 Å². The summed E-state index contributed by atoms with van der Waals surface area (Å²) in [4.78, 5) is 4.12. The van der Waals surface area contributed by atoms with Gasteiger partial charge < -0.3 is 5.11 Å². The Kier molecular flexibility index (Phi) is 3.17. The molecule has 0 spiro atoms. The topological polar surface area (TPSA) is 33.1 Å². The molecule has 1 N–H and O–H groups in total. The molecule has 0 unspecified atom stereocenters. The molecule has 0 fully saturated rings. The van der Waals surface area contributed by atoms with E-state index in [1.54, 1.807) is 24.4 Å². The minimum absolute atomic E-state index is 0.0583. The summed E-state index contributed by atoms with van der Waals surface area (Å²) in [5, 5.41) is 9.20. The maximum absolute atomic E-state index is 13.1. The van der Waals surface area contributed by atoms with Crippen LogP contribution in [0.25, 0.3) is 11.3 Å². The Labute approximate surface area is 97.3 Å². The van der Waals surface area contributed by atoms with E-state index >= 15 is 0 Å². The molecule has 1 aromatic heterocycles. The maximum Gasteiger partial charge on any atom is 0.125 e. The molecule has 0 saturated carbocycles. The van der Waals surface area contributed by atoms with E-state index in [0.29, 0.717) is 21.8 Å². The lowest BCUT2D eigenvalue weighted by atomic mass is 10.1. The zero-order chi connectivity index (χ0) is 11.5.